The number of amides is 1. The van der Waals surface area contributed by atoms with Gasteiger partial charge in [-0.15, -0.1) is 0 Å². The number of hydrogen-bond donors (Lipinski definition) is 1. The highest BCUT2D eigenvalue weighted by Gasteiger charge is 2.45. The number of hydrogen-bond acceptors (Lipinski definition) is 3. The number of nitrogens with zero attached hydrogens (tertiary/aromatic N) is 1. The zero-order chi connectivity index (χ0) is 22.9. The van der Waals surface area contributed by atoms with Crippen molar-refractivity contribution in [2.75, 3.05) is 20.7 Å². The van der Waals surface area contributed by atoms with Gasteiger partial charge in [0.2, 0.25) is 0 Å². The van der Waals surface area contributed by atoms with Crippen molar-refractivity contribution in [3.05, 3.63) is 52.7 Å². The van der Waals surface area contributed by atoms with Crippen LogP contribution in [-0.4, -0.2) is 47.9 Å². The summed E-state index contributed by atoms with van der Waals surface area (Å²) >= 11 is 0. The van der Waals surface area contributed by atoms with Gasteiger partial charge in [-0.05, 0) is 86.3 Å². The van der Waals surface area contributed by atoms with Crippen LogP contribution in [0.15, 0.2) is 41.5 Å². The Labute approximate surface area is 190 Å². The van der Waals surface area contributed by atoms with Gasteiger partial charge in [-0.2, -0.15) is 0 Å². The number of H-pyrrole nitrogens is 1. The Hall–Kier alpha value is -2.66. The van der Waals surface area contributed by atoms with Crippen LogP contribution in [0.3, 0.4) is 0 Å². The molecule has 1 amide bonds. The van der Waals surface area contributed by atoms with Gasteiger partial charge >= 0.3 is 0 Å². The first-order valence-corrected chi connectivity index (χ1v) is 11.8. The minimum Gasteiger partial charge on any atom is -0.362 e. The molecule has 2 aromatic rings. The number of carbonyl (C=O) groups excluding carboxylic acids is 2. The summed E-state index contributed by atoms with van der Waals surface area (Å²) in [5, 5.41) is 1.04. The molecule has 32 heavy (non-hydrogen) atoms. The second kappa shape index (κ2) is 9.07. The second-order valence-corrected chi connectivity index (χ2v) is 9.35. The molecular weight excluding hydrogens is 400 g/mol. The van der Waals surface area contributed by atoms with Crippen molar-refractivity contribution in [1.29, 1.82) is 0 Å². The number of fused-ring (bicyclic) bond motifs is 1. The highest BCUT2D eigenvalue weighted by atomic mass is 16.5. The Bertz CT molecular complexity index is 1100. The monoisotopic (exact) mass is 434 g/mol. The van der Waals surface area contributed by atoms with E-state index in [-0.39, 0.29) is 11.7 Å². The van der Waals surface area contributed by atoms with Gasteiger partial charge in [-0.1, -0.05) is 25.1 Å². The van der Waals surface area contributed by atoms with Crippen LogP contribution in [0.2, 0.25) is 0 Å². The van der Waals surface area contributed by atoms with Crippen LogP contribution in [-0.2, 0) is 9.53 Å². The molecule has 0 radical (unpaired) electrons. The van der Waals surface area contributed by atoms with Gasteiger partial charge in [0, 0.05) is 25.0 Å². The molecule has 0 unspecified atom stereocenters. The summed E-state index contributed by atoms with van der Waals surface area (Å²) in [5.74, 6) is 0.192. The van der Waals surface area contributed by atoms with Crippen molar-refractivity contribution >= 4 is 28.2 Å². The molecule has 1 N–H and O–H groups in total. The molecule has 4 rings (SSSR count). The molecular formula is C27H34N2O3. The molecule has 2 aliphatic rings. The van der Waals surface area contributed by atoms with E-state index in [9.17, 15) is 9.59 Å². The van der Waals surface area contributed by atoms with Gasteiger partial charge in [0.15, 0.2) is 5.78 Å². The molecule has 1 aliphatic carbocycles. The summed E-state index contributed by atoms with van der Waals surface area (Å²) in [5.41, 5.74) is 5.57. The first kappa shape index (κ1) is 22.5. The number of allylic oxidation sites excluding steroid dienone is 2. The molecule has 2 heterocycles. The van der Waals surface area contributed by atoms with Gasteiger partial charge in [-0.3, -0.25) is 9.59 Å². The quantitative estimate of drug-likeness (QED) is 0.637. The second-order valence-electron chi connectivity index (χ2n) is 9.35. The van der Waals surface area contributed by atoms with Crippen molar-refractivity contribution in [3.63, 3.8) is 0 Å². The zero-order valence-corrected chi connectivity index (χ0v) is 19.7. The Morgan fingerprint density at radius 2 is 1.97 bits per heavy atom. The standard InChI is InChI=1S/C27H34N2O3/c1-5-19(20-11-12-21-16-24(26(31)29(3)4)28-23(21)15-20)9-8-10-22-17-32-27(13-6-7-14-27)25(30)18(22)2/h9,11-12,15-16,28H,5-8,10,13-14,17H2,1-4H3/b19-9+. The summed E-state index contributed by atoms with van der Waals surface area (Å²) in [6.07, 6.45) is 8.86. The predicted octanol–water partition coefficient (Wildman–Crippen LogP) is 5.67. The van der Waals surface area contributed by atoms with Crippen LogP contribution in [0.1, 0.15) is 74.8 Å². The van der Waals surface area contributed by atoms with Crippen molar-refractivity contribution in [2.24, 2.45) is 0 Å². The van der Waals surface area contributed by atoms with E-state index in [0.29, 0.717) is 12.3 Å². The largest absolute Gasteiger partial charge is 0.362 e. The maximum Gasteiger partial charge on any atom is 0.269 e. The van der Waals surface area contributed by atoms with Gasteiger partial charge < -0.3 is 14.6 Å². The molecule has 0 saturated heterocycles. The van der Waals surface area contributed by atoms with Gasteiger partial charge in [0.25, 0.3) is 5.91 Å². The number of ether oxygens (including phenoxy) is 1. The Morgan fingerprint density at radius 1 is 1.22 bits per heavy atom. The third-order valence-electron chi connectivity index (χ3n) is 7.07. The maximum atomic E-state index is 12.9. The Kier molecular flexibility index (Phi) is 6.38. The van der Waals surface area contributed by atoms with Gasteiger partial charge in [-0.25, -0.2) is 0 Å². The van der Waals surface area contributed by atoms with Crippen LogP contribution >= 0.6 is 0 Å². The Morgan fingerprint density at radius 3 is 2.66 bits per heavy atom. The number of benzene rings is 1. The number of rotatable bonds is 6. The van der Waals surface area contributed by atoms with Crippen LogP contribution in [0.4, 0.5) is 0 Å². The van der Waals surface area contributed by atoms with E-state index < -0.39 is 5.60 Å². The minimum absolute atomic E-state index is 0.0266. The average molecular weight is 435 g/mol. The molecule has 1 aromatic heterocycles. The van der Waals surface area contributed by atoms with Crippen molar-refractivity contribution < 1.29 is 14.3 Å². The van der Waals surface area contributed by atoms with Crippen LogP contribution in [0.25, 0.3) is 16.5 Å². The number of carbonyl (C=O) groups is 2. The van der Waals surface area contributed by atoms with Crippen molar-refractivity contribution in [3.8, 4) is 0 Å². The molecule has 1 fully saturated rings. The van der Waals surface area contributed by atoms with Crippen LogP contribution in [0.5, 0.6) is 0 Å². The van der Waals surface area contributed by atoms with Crippen molar-refractivity contribution in [1.82, 2.24) is 9.88 Å². The van der Waals surface area contributed by atoms with E-state index in [1.165, 1.54) is 5.57 Å². The average Bonchev–Trinajstić information content (AvgIpc) is 3.43. The summed E-state index contributed by atoms with van der Waals surface area (Å²) in [7, 11) is 3.51. The summed E-state index contributed by atoms with van der Waals surface area (Å²) in [6.45, 7) is 4.73. The van der Waals surface area contributed by atoms with Crippen LogP contribution in [0, 0.1) is 0 Å². The molecule has 0 bridgehead atoms. The molecule has 0 atom stereocenters. The topological polar surface area (TPSA) is 62.4 Å². The predicted molar refractivity (Wildman–Crippen MR) is 129 cm³/mol. The fourth-order valence-electron chi connectivity index (χ4n) is 5.05. The van der Waals surface area contributed by atoms with E-state index in [4.69, 9.17) is 4.74 Å². The normalized spacial score (nSPS) is 18.8. The van der Waals surface area contributed by atoms with Crippen LogP contribution < -0.4 is 0 Å². The number of aromatic nitrogens is 1. The molecule has 1 aliphatic heterocycles. The third-order valence-corrected chi connectivity index (χ3v) is 7.07. The maximum absolute atomic E-state index is 12.9. The lowest BCUT2D eigenvalue weighted by molar-refractivity contribution is -0.141. The van der Waals surface area contributed by atoms with E-state index in [0.717, 1.165) is 72.6 Å². The molecule has 170 valence electrons. The van der Waals surface area contributed by atoms with E-state index >= 15 is 0 Å². The number of ketones is 1. The number of Topliss-reactive ketones (excluding diaryl/α,β-unsaturated/α-hetero) is 1. The van der Waals surface area contributed by atoms with E-state index in [2.05, 4.69) is 36.2 Å². The van der Waals surface area contributed by atoms with E-state index in [1.807, 2.05) is 13.0 Å². The number of nitrogens with one attached hydrogen (secondary N) is 1. The van der Waals surface area contributed by atoms with E-state index in [1.54, 1.807) is 19.0 Å². The smallest absolute Gasteiger partial charge is 0.269 e. The molecule has 5 heteroatoms. The SMILES string of the molecule is CC/C(=C\CCC1=C(C)C(=O)C2(CCCC2)OC1)c1ccc2cc(C(=O)N(C)C)[nH]c2c1. The minimum atomic E-state index is -0.518. The summed E-state index contributed by atoms with van der Waals surface area (Å²) in [6, 6.07) is 8.22. The molecule has 1 saturated carbocycles. The van der Waals surface area contributed by atoms with Gasteiger partial charge in [0.05, 0.1) is 6.61 Å². The lowest BCUT2D eigenvalue weighted by atomic mass is 9.85. The third kappa shape index (κ3) is 4.18. The molecule has 5 nitrogen and oxygen atoms in total. The zero-order valence-electron chi connectivity index (χ0n) is 19.7. The number of aromatic amines is 1. The molecule has 1 spiro atoms. The van der Waals surface area contributed by atoms with Crippen molar-refractivity contribution in [2.45, 2.75) is 64.4 Å². The highest BCUT2D eigenvalue weighted by molar-refractivity contribution is 6.03. The Balaban J connectivity index is 1.48. The summed E-state index contributed by atoms with van der Waals surface area (Å²) in [4.78, 5) is 30.0. The summed E-state index contributed by atoms with van der Waals surface area (Å²) < 4.78 is 6.11. The fraction of sp³-hybridized carbons (Fsp3) is 0.481. The fourth-order valence-corrected chi connectivity index (χ4v) is 5.05. The lowest BCUT2D eigenvalue weighted by Crippen LogP contribution is -2.43. The molecule has 1 aromatic carbocycles. The first-order chi connectivity index (χ1) is 15.3. The van der Waals surface area contributed by atoms with Gasteiger partial charge in [0.1, 0.15) is 11.3 Å². The first-order valence-electron chi connectivity index (χ1n) is 11.8. The lowest BCUT2D eigenvalue weighted by Gasteiger charge is -2.34. The highest BCUT2D eigenvalue weighted by Crippen LogP contribution is 2.40.